The number of unbranched alkanes of at least 4 members (excludes halogenated alkanes) is 30. The van der Waals surface area contributed by atoms with E-state index in [0.29, 0.717) is 6.54 Å². The monoisotopic (exact) mass is 671 g/mol. The molecular weight excluding hydrogens is 582 g/mol. The number of hydrogen-bond donors (Lipinski definition) is 4. The van der Waals surface area contributed by atoms with Crippen molar-refractivity contribution in [2.24, 2.45) is 0 Å². The maximum atomic E-state index is 10.7. The quantitative estimate of drug-likeness (QED) is 0.0387. The lowest BCUT2D eigenvalue weighted by Gasteiger charge is -2.38. The summed E-state index contributed by atoms with van der Waals surface area (Å²) in [4.78, 5) is 0. The topological polar surface area (TPSA) is 80.9 Å². The number of aliphatic hydroxyl groups excluding tert-OH is 4. The minimum Gasteiger partial charge on any atom is -0.394 e. The van der Waals surface area contributed by atoms with Crippen molar-refractivity contribution < 1.29 is 24.9 Å². The highest BCUT2D eigenvalue weighted by atomic mass is 16.4. The second-order valence-electron chi connectivity index (χ2n) is 15.7. The first-order chi connectivity index (χ1) is 22.9. The minimum absolute atomic E-state index is 0.426. The Balaban J connectivity index is 4.06. The van der Waals surface area contributed by atoms with Crippen LogP contribution >= 0.6 is 0 Å². The Bertz CT molecular complexity index is 567. The summed E-state index contributed by atoms with van der Waals surface area (Å²) in [5.74, 6) is 0. The number of aliphatic hydroxyl groups is 4. The van der Waals surface area contributed by atoms with Crippen LogP contribution in [-0.2, 0) is 0 Å². The zero-order valence-electron chi connectivity index (χ0n) is 32.4. The van der Waals surface area contributed by atoms with E-state index >= 15 is 0 Å². The summed E-state index contributed by atoms with van der Waals surface area (Å²) >= 11 is 0. The summed E-state index contributed by atoms with van der Waals surface area (Å²) in [5.41, 5.74) is 0. The molecule has 5 heteroatoms. The summed E-state index contributed by atoms with van der Waals surface area (Å²) in [5, 5.41) is 40.1. The van der Waals surface area contributed by atoms with E-state index in [2.05, 4.69) is 20.9 Å². The molecule has 0 aliphatic rings. The molecule has 0 aliphatic heterocycles. The molecule has 0 amide bonds. The smallest absolute Gasteiger partial charge is 0.131 e. The molecular formula is C42H88NO4+. The van der Waals surface area contributed by atoms with Gasteiger partial charge in [0.05, 0.1) is 26.7 Å². The average molecular weight is 671 g/mol. The summed E-state index contributed by atoms with van der Waals surface area (Å²) in [6.07, 6.45) is 40.0. The van der Waals surface area contributed by atoms with Gasteiger partial charge in [-0.15, -0.1) is 0 Å². The molecule has 0 radical (unpaired) electrons. The van der Waals surface area contributed by atoms with Gasteiger partial charge in [0.2, 0.25) is 0 Å². The fourth-order valence-electron chi connectivity index (χ4n) is 7.30. The van der Waals surface area contributed by atoms with Crippen LogP contribution in [0.25, 0.3) is 0 Å². The molecule has 47 heavy (non-hydrogen) atoms. The second kappa shape index (κ2) is 35.6. The molecule has 5 nitrogen and oxygen atoms in total. The van der Waals surface area contributed by atoms with Gasteiger partial charge in [-0.25, -0.2) is 0 Å². The highest BCUT2D eigenvalue weighted by molar-refractivity contribution is 4.74. The summed E-state index contributed by atoms with van der Waals surface area (Å²) in [6, 6.07) is 0. The van der Waals surface area contributed by atoms with Crippen LogP contribution in [0.5, 0.6) is 0 Å². The predicted molar refractivity (Wildman–Crippen MR) is 205 cm³/mol. The van der Waals surface area contributed by atoms with Gasteiger partial charge < -0.3 is 24.9 Å². The van der Waals surface area contributed by atoms with Crippen LogP contribution in [0.3, 0.4) is 0 Å². The lowest BCUT2D eigenvalue weighted by atomic mass is 10.0. The van der Waals surface area contributed by atoms with Crippen molar-refractivity contribution >= 4 is 0 Å². The van der Waals surface area contributed by atoms with Gasteiger partial charge in [-0.1, -0.05) is 194 Å². The number of rotatable bonds is 39. The van der Waals surface area contributed by atoms with Gasteiger partial charge in [-0.05, 0) is 25.7 Å². The van der Waals surface area contributed by atoms with Crippen molar-refractivity contribution in [1.29, 1.82) is 0 Å². The SMILES string of the molecule is CCCCCCCCCCCCCCCCCC[N+](C)(CCCCCCCCCCCCCCCCCC)CC(O)C(O)C(O)CO. The molecule has 0 saturated carbocycles. The predicted octanol–water partition coefficient (Wildman–Crippen LogP) is 11.0. The molecule has 0 aromatic rings. The zero-order chi connectivity index (χ0) is 34.7. The van der Waals surface area contributed by atoms with Crippen LogP contribution in [-0.4, -0.2) is 76.5 Å². The van der Waals surface area contributed by atoms with E-state index in [0.717, 1.165) is 30.4 Å². The number of hydrogen-bond acceptors (Lipinski definition) is 4. The summed E-state index contributed by atoms with van der Waals surface area (Å²) in [6.45, 7) is 6.46. The second-order valence-corrected chi connectivity index (χ2v) is 15.7. The van der Waals surface area contributed by atoms with Gasteiger partial charge in [0.25, 0.3) is 0 Å². The van der Waals surface area contributed by atoms with E-state index in [9.17, 15) is 20.4 Å². The first-order valence-corrected chi connectivity index (χ1v) is 21.4. The first kappa shape index (κ1) is 46.8. The number of nitrogens with zero attached hydrogens (tertiary/aromatic N) is 1. The molecule has 284 valence electrons. The summed E-state index contributed by atoms with van der Waals surface area (Å²) in [7, 11) is 2.21. The van der Waals surface area contributed by atoms with Crippen LogP contribution in [0.4, 0.5) is 0 Å². The highest BCUT2D eigenvalue weighted by Crippen LogP contribution is 2.18. The molecule has 4 N–H and O–H groups in total. The van der Waals surface area contributed by atoms with Gasteiger partial charge in [-0.2, -0.15) is 0 Å². The molecule has 3 atom stereocenters. The van der Waals surface area contributed by atoms with E-state index in [1.165, 1.54) is 193 Å². The standard InChI is InChI=1S/C42H88NO4/c1-4-6-8-10-12-14-16-18-20-22-24-26-28-30-32-34-36-43(3,38-40(45)42(47)41(46)39-44)37-35-33-31-29-27-25-23-21-19-17-15-13-11-9-7-5-2/h40-42,44-47H,4-39H2,1-3H3/q+1. The molecule has 3 unspecified atom stereocenters. The van der Waals surface area contributed by atoms with Crippen LogP contribution in [0.15, 0.2) is 0 Å². The fraction of sp³-hybridized carbons (Fsp3) is 1.00. The maximum Gasteiger partial charge on any atom is 0.131 e. The van der Waals surface area contributed by atoms with E-state index in [4.69, 9.17) is 0 Å². The highest BCUT2D eigenvalue weighted by Gasteiger charge is 2.32. The van der Waals surface area contributed by atoms with Gasteiger partial charge in [-0.3, -0.25) is 0 Å². The Morgan fingerprint density at radius 3 is 0.830 bits per heavy atom. The molecule has 0 spiro atoms. The lowest BCUT2D eigenvalue weighted by Crippen LogP contribution is -2.54. The van der Waals surface area contributed by atoms with E-state index in [1.807, 2.05) is 0 Å². The first-order valence-electron chi connectivity index (χ1n) is 21.4. The van der Waals surface area contributed by atoms with Gasteiger partial charge >= 0.3 is 0 Å². The lowest BCUT2D eigenvalue weighted by molar-refractivity contribution is -0.913. The maximum absolute atomic E-state index is 10.7. The van der Waals surface area contributed by atoms with E-state index in [1.54, 1.807) is 0 Å². The third-order valence-corrected chi connectivity index (χ3v) is 10.7. The normalized spacial score (nSPS) is 14.1. The number of likely N-dealkylation sites (N-methyl/N-ethyl adjacent to an activating group) is 1. The van der Waals surface area contributed by atoms with Gasteiger partial charge in [0, 0.05) is 0 Å². The Morgan fingerprint density at radius 2 is 0.596 bits per heavy atom. The molecule has 0 heterocycles. The van der Waals surface area contributed by atoms with E-state index in [-0.39, 0.29) is 0 Å². The van der Waals surface area contributed by atoms with Crippen molar-refractivity contribution in [3.8, 4) is 0 Å². The van der Waals surface area contributed by atoms with Crippen molar-refractivity contribution in [3.63, 3.8) is 0 Å². The largest absolute Gasteiger partial charge is 0.394 e. The van der Waals surface area contributed by atoms with Gasteiger partial charge in [0.1, 0.15) is 24.9 Å². The molecule has 0 aromatic carbocycles. The Labute approximate surface area is 295 Å². The van der Waals surface area contributed by atoms with Crippen LogP contribution < -0.4 is 0 Å². The van der Waals surface area contributed by atoms with Crippen LogP contribution in [0.2, 0.25) is 0 Å². The fourth-order valence-corrected chi connectivity index (χ4v) is 7.30. The zero-order valence-corrected chi connectivity index (χ0v) is 32.4. The average Bonchev–Trinajstić information content (AvgIpc) is 3.07. The van der Waals surface area contributed by atoms with Crippen molar-refractivity contribution in [2.75, 3.05) is 33.3 Å². The number of quaternary nitrogens is 1. The Morgan fingerprint density at radius 1 is 0.362 bits per heavy atom. The minimum atomic E-state index is -1.30. The molecule has 0 bridgehead atoms. The molecule has 0 rings (SSSR count). The van der Waals surface area contributed by atoms with Crippen LogP contribution in [0.1, 0.15) is 219 Å². The van der Waals surface area contributed by atoms with Gasteiger partial charge in [0.15, 0.2) is 0 Å². The van der Waals surface area contributed by atoms with Crippen molar-refractivity contribution in [3.05, 3.63) is 0 Å². The molecule has 0 saturated heterocycles. The van der Waals surface area contributed by atoms with Crippen LogP contribution in [0, 0.1) is 0 Å². The third-order valence-electron chi connectivity index (χ3n) is 10.7. The Hall–Kier alpha value is -0.200. The molecule has 0 fully saturated rings. The third kappa shape index (κ3) is 31.5. The molecule has 0 aliphatic carbocycles. The summed E-state index contributed by atoms with van der Waals surface area (Å²) < 4.78 is 0.730. The van der Waals surface area contributed by atoms with E-state index < -0.39 is 24.9 Å². The molecule has 0 aromatic heterocycles. The Kier molecular flexibility index (Phi) is 35.5. The van der Waals surface area contributed by atoms with Crippen molar-refractivity contribution in [2.45, 2.75) is 238 Å². The van der Waals surface area contributed by atoms with Crippen molar-refractivity contribution in [1.82, 2.24) is 0 Å².